The molecule has 1 N–H and O–H groups in total. The number of nitrogens with zero attached hydrogens (tertiary/aromatic N) is 1. The van der Waals surface area contributed by atoms with Gasteiger partial charge in [-0.15, -0.1) is 0 Å². The summed E-state index contributed by atoms with van der Waals surface area (Å²) >= 11 is 0. The molecule has 1 fully saturated rings. The van der Waals surface area contributed by atoms with Gasteiger partial charge in [0.05, 0.1) is 13.0 Å². The van der Waals surface area contributed by atoms with Crippen molar-refractivity contribution in [1.82, 2.24) is 4.90 Å². The standard InChI is InChI=1S/C22H26N2O3/c1-15-11-16(2)13-18(12-15)22(26)24-10-4-5-17(14-24)21(25)23-19-6-8-20(27-3)9-7-19/h6-9,11-13,17H,4-5,10,14H2,1-3H3,(H,23,25)/t17-/m1/s1. The van der Waals surface area contributed by atoms with E-state index < -0.39 is 0 Å². The Morgan fingerprint density at radius 2 is 1.74 bits per heavy atom. The number of nitrogens with one attached hydrogen (secondary N) is 1. The Kier molecular flexibility index (Phi) is 5.79. The van der Waals surface area contributed by atoms with Crippen molar-refractivity contribution in [2.45, 2.75) is 26.7 Å². The lowest BCUT2D eigenvalue weighted by atomic mass is 9.96. The number of carbonyl (C=O) groups excluding carboxylic acids is 2. The Balaban J connectivity index is 1.65. The van der Waals surface area contributed by atoms with Crippen LogP contribution >= 0.6 is 0 Å². The Morgan fingerprint density at radius 1 is 1.07 bits per heavy atom. The lowest BCUT2D eigenvalue weighted by Crippen LogP contribution is -2.43. The third-order valence-electron chi connectivity index (χ3n) is 4.91. The number of rotatable bonds is 4. The molecule has 27 heavy (non-hydrogen) atoms. The molecule has 1 aliphatic rings. The van der Waals surface area contributed by atoms with E-state index >= 15 is 0 Å². The summed E-state index contributed by atoms with van der Waals surface area (Å²) in [6, 6.07) is 13.1. The molecule has 0 saturated carbocycles. The maximum atomic E-state index is 12.9. The molecule has 0 aromatic heterocycles. The number of hydrogen-bond acceptors (Lipinski definition) is 3. The number of ether oxygens (including phenoxy) is 1. The highest BCUT2D eigenvalue weighted by Gasteiger charge is 2.29. The predicted octanol–water partition coefficient (Wildman–Crippen LogP) is 3.80. The molecule has 5 nitrogen and oxygen atoms in total. The number of piperidine rings is 1. The fourth-order valence-corrected chi connectivity index (χ4v) is 3.58. The van der Waals surface area contributed by atoms with Crippen molar-refractivity contribution < 1.29 is 14.3 Å². The monoisotopic (exact) mass is 366 g/mol. The molecular weight excluding hydrogens is 340 g/mol. The average Bonchev–Trinajstić information content (AvgIpc) is 2.67. The Labute approximate surface area is 160 Å². The minimum absolute atomic E-state index is 0.00347. The number of aryl methyl sites for hydroxylation is 2. The SMILES string of the molecule is COc1ccc(NC(=O)[C@@H]2CCCN(C(=O)c3cc(C)cc(C)c3)C2)cc1. The van der Waals surface area contributed by atoms with Gasteiger partial charge in [0.1, 0.15) is 5.75 Å². The fourth-order valence-electron chi connectivity index (χ4n) is 3.58. The second-order valence-corrected chi connectivity index (χ2v) is 7.18. The van der Waals surface area contributed by atoms with Gasteiger partial charge in [-0.1, -0.05) is 17.2 Å². The van der Waals surface area contributed by atoms with Crippen LogP contribution in [-0.4, -0.2) is 36.9 Å². The number of likely N-dealkylation sites (tertiary alicyclic amines) is 1. The molecule has 2 amide bonds. The van der Waals surface area contributed by atoms with Crippen LogP contribution in [0, 0.1) is 19.8 Å². The van der Waals surface area contributed by atoms with Crippen molar-refractivity contribution >= 4 is 17.5 Å². The van der Waals surface area contributed by atoms with Crippen molar-refractivity contribution in [3.8, 4) is 5.75 Å². The molecule has 142 valence electrons. The van der Waals surface area contributed by atoms with E-state index in [1.807, 2.05) is 50.2 Å². The molecule has 1 heterocycles. The largest absolute Gasteiger partial charge is 0.497 e. The first-order valence-corrected chi connectivity index (χ1v) is 9.29. The number of benzene rings is 2. The summed E-state index contributed by atoms with van der Waals surface area (Å²) < 4.78 is 5.13. The Hall–Kier alpha value is -2.82. The van der Waals surface area contributed by atoms with Crippen molar-refractivity contribution in [1.29, 1.82) is 0 Å². The summed E-state index contributed by atoms with van der Waals surface area (Å²) in [5, 5.41) is 2.95. The molecule has 2 aromatic carbocycles. The maximum absolute atomic E-state index is 12.9. The number of carbonyl (C=O) groups is 2. The van der Waals surface area contributed by atoms with Crippen molar-refractivity contribution in [2.75, 3.05) is 25.5 Å². The number of anilines is 1. The van der Waals surface area contributed by atoms with E-state index in [9.17, 15) is 9.59 Å². The lowest BCUT2D eigenvalue weighted by Gasteiger charge is -2.32. The number of hydrogen-bond donors (Lipinski definition) is 1. The van der Waals surface area contributed by atoms with Crippen molar-refractivity contribution in [3.05, 3.63) is 59.2 Å². The molecule has 1 saturated heterocycles. The minimum atomic E-state index is -0.198. The van der Waals surface area contributed by atoms with Crippen LogP contribution in [0.4, 0.5) is 5.69 Å². The first kappa shape index (κ1) is 19.0. The first-order chi connectivity index (χ1) is 13.0. The van der Waals surface area contributed by atoms with E-state index in [1.54, 1.807) is 12.0 Å². The van der Waals surface area contributed by atoms with Gasteiger partial charge in [0.25, 0.3) is 5.91 Å². The third-order valence-corrected chi connectivity index (χ3v) is 4.91. The van der Waals surface area contributed by atoms with Crippen LogP contribution < -0.4 is 10.1 Å². The van der Waals surface area contributed by atoms with Crippen LogP contribution in [0.3, 0.4) is 0 Å². The normalized spacial score (nSPS) is 16.7. The molecule has 0 aliphatic carbocycles. The van der Waals surface area contributed by atoms with Crippen molar-refractivity contribution in [2.24, 2.45) is 5.92 Å². The highest BCUT2D eigenvalue weighted by molar-refractivity contribution is 5.96. The van der Waals surface area contributed by atoms with Crippen LogP contribution in [0.1, 0.15) is 34.3 Å². The fraction of sp³-hybridized carbons (Fsp3) is 0.364. The summed E-state index contributed by atoms with van der Waals surface area (Å²) in [5.41, 5.74) is 3.58. The van der Waals surface area contributed by atoms with E-state index in [-0.39, 0.29) is 17.7 Å². The number of amides is 2. The molecule has 0 unspecified atom stereocenters. The molecule has 5 heteroatoms. The van der Waals surface area contributed by atoms with Crippen LogP contribution in [-0.2, 0) is 4.79 Å². The van der Waals surface area contributed by atoms with Crippen molar-refractivity contribution in [3.63, 3.8) is 0 Å². The van der Waals surface area contributed by atoms with Gasteiger partial charge in [-0.05, 0) is 63.1 Å². The molecule has 0 radical (unpaired) electrons. The van der Waals surface area contributed by atoms with Crippen LogP contribution in [0.15, 0.2) is 42.5 Å². The summed E-state index contributed by atoms with van der Waals surface area (Å²) in [5.74, 6) is 0.508. The Morgan fingerprint density at radius 3 is 2.37 bits per heavy atom. The Bertz CT molecular complexity index is 810. The summed E-state index contributed by atoms with van der Waals surface area (Å²) in [4.78, 5) is 27.3. The highest BCUT2D eigenvalue weighted by Crippen LogP contribution is 2.22. The van der Waals surface area contributed by atoms with Crippen LogP contribution in [0.25, 0.3) is 0 Å². The van der Waals surface area contributed by atoms with Gasteiger partial charge in [0.15, 0.2) is 0 Å². The second kappa shape index (κ2) is 8.25. The molecule has 1 atom stereocenters. The van der Waals surface area contributed by atoms with E-state index in [4.69, 9.17) is 4.74 Å². The molecule has 0 spiro atoms. The maximum Gasteiger partial charge on any atom is 0.253 e. The zero-order chi connectivity index (χ0) is 19.4. The van der Waals surface area contributed by atoms with Gasteiger partial charge in [-0.25, -0.2) is 0 Å². The lowest BCUT2D eigenvalue weighted by molar-refractivity contribution is -0.121. The van der Waals surface area contributed by atoms with Crippen LogP contribution in [0.5, 0.6) is 5.75 Å². The topological polar surface area (TPSA) is 58.6 Å². The molecule has 0 bridgehead atoms. The number of methoxy groups -OCH3 is 1. The average molecular weight is 366 g/mol. The van der Waals surface area contributed by atoms with Gasteiger partial charge >= 0.3 is 0 Å². The van der Waals surface area contributed by atoms with Gasteiger partial charge in [0, 0.05) is 24.3 Å². The van der Waals surface area contributed by atoms with E-state index in [2.05, 4.69) is 11.4 Å². The third kappa shape index (κ3) is 4.67. The summed E-state index contributed by atoms with van der Waals surface area (Å²) in [6.07, 6.45) is 1.62. The van der Waals surface area contributed by atoms with Gasteiger partial charge in [-0.3, -0.25) is 9.59 Å². The summed E-state index contributed by atoms with van der Waals surface area (Å²) in [7, 11) is 1.61. The zero-order valence-corrected chi connectivity index (χ0v) is 16.1. The second-order valence-electron chi connectivity index (χ2n) is 7.18. The van der Waals surface area contributed by atoms with E-state index in [0.717, 1.165) is 35.4 Å². The molecule has 3 rings (SSSR count). The van der Waals surface area contributed by atoms with Gasteiger partial charge < -0.3 is 15.0 Å². The molecule has 1 aliphatic heterocycles. The highest BCUT2D eigenvalue weighted by atomic mass is 16.5. The molecule has 2 aromatic rings. The minimum Gasteiger partial charge on any atom is -0.497 e. The van der Waals surface area contributed by atoms with Crippen LogP contribution in [0.2, 0.25) is 0 Å². The predicted molar refractivity (Wildman–Crippen MR) is 106 cm³/mol. The smallest absolute Gasteiger partial charge is 0.253 e. The summed E-state index contributed by atoms with van der Waals surface area (Å²) in [6.45, 7) is 5.13. The quantitative estimate of drug-likeness (QED) is 0.895. The van der Waals surface area contributed by atoms with Gasteiger partial charge in [-0.2, -0.15) is 0 Å². The van der Waals surface area contributed by atoms with E-state index in [0.29, 0.717) is 18.7 Å². The zero-order valence-electron chi connectivity index (χ0n) is 16.1. The van der Waals surface area contributed by atoms with Gasteiger partial charge in [0.2, 0.25) is 5.91 Å². The van der Waals surface area contributed by atoms with E-state index in [1.165, 1.54) is 0 Å². The first-order valence-electron chi connectivity index (χ1n) is 9.29. The molecular formula is C22H26N2O3.